The van der Waals surface area contributed by atoms with E-state index < -0.39 is 23.8 Å². The maximum Gasteiger partial charge on any atom is 1.00 e. The third-order valence-electron chi connectivity index (χ3n) is 2.10. The predicted molar refractivity (Wildman–Crippen MR) is 30.8 cm³/mol. The molecular formula is C7H8Na2O4. The number of aliphatic carboxylic acids is 2. The Morgan fingerprint density at radius 3 is 1.38 bits per heavy atom. The van der Waals surface area contributed by atoms with E-state index in [1.165, 1.54) is 0 Å². The molecule has 0 amide bonds. The number of hydrogen-bond donors (Lipinski definition) is 0. The molecule has 4 nitrogen and oxygen atoms in total. The van der Waals surface area contributed by atoms with Gasteiger partial charge in [0.25, 0.3) is 0 Å². The first kappa shape index (κ1) is 16.4. The van der Waals surface area contributed by atoms with Crippen molar-refractivity contribution < 1.29 is 78.9 Å². The van der Waals surface area contributed by atoms with E-state index in [0.29, 0.717) is 12.8 Å². The van der Waals surface area contributed by atoms with Crippen molar-refractivity contribution >= 4 is 11.9 Å². The molecule has 13 heavy (non-hydrogen) atoms. The van der Waals surface area contributed by atoms with Gasteiger partial charge in [0.05, 0.1) is 0 Å². The zero-order chi connectivity index (χ0) is 8.43. The second kappa shape index (κ2) is 7.26. The Morgan fingerprint density at radius 2 is 1.23 bits per heavy atom. The molecule has 6 heteroatoms. The molecule has 0 bridgehead atoms. The fraction of sp³-hybridized carbons (Fsp3) is 0.714. The summed E-state index contributed by atoms with van der Waals surface area (Å²) in [6, 6.07) is 0. The number of rotatable bonds is 2. The minimum atomic E-state index is -1.14. The van der Waals surface area contributed by atoms with Gasteiger partial charge >= 0.3 is 59.1 Å². The summed E-state index contributed by atoms with van der Waals surface area (Å²) in [5.74, 6) is -3.46. The third-order valence-corrected chi connectivity index (χ3v) is 2.10. The fourth-order valence-corrected chi connectivity index (χ4v) is 1.41. The molecule has 0 N–H and O–H groups in total. The Morgan fingerprint density at radius 1 is 0.923 bits per heavy atom. The summed E-state index contributed by atoms with van der Waals surface area (Å²) < 4.78 is 0. The largest absolute Gasteiger partial charge is 1.00 e. The Bertz CT molecular complexity index is 175. The molecule has 1 aliphatic carbocycles. The van der Waals surface area contributed by atoms with Crippen molar-refractivity contribution in [2.24, 2.45) is 11.8 Å². The van der Waals surface area contributed by atoms with Crippen LogP contribution in [0.15, 0.2) is 0 Å². The first-order valence-electron chi connectivity index (χ1n) is 3.53. The van der Waals surface area contributed by atoms with E-state index in [-0.39, 0.29) is 65.5 Å². The van der Waals surface area contributed by atoms with Crippen LogP contribution in [0.2, 0.25) is 0 Å². The molecule has 1 saturated carbocycles. The van der Waals surface area contributed by atoms with Gasteiger partial charge in [0, 0.05) is 11.9 Å². The monoisotopic (exact) mass is 202 g/mol. The van der Waals surface area contributed by atoms with Gasteiger partial charge in [-0.3, -0.25) is 0 Å². The van der Waals surface area contributed by atoms with Gasteiger partial charge in [0.2, 0.25) is 0 Å². The second-order valence-corrected chi connectivity index (χ2v) is 2.84. The van der Waals surface area contributed by atoms with Gasteiger partial charge in [0.1, 0.15) is 0 Å². The second-order valence-electron chi connectivity index (χ2n) is 2.84. The third kappa shape index (κ3) is 4.81. The molecule has 0 aliphatic heterocycles. The Balaban J connectivity index is 0. The van der Waals surface area contributed by atoms with Crippen molar-refractivity contribution in [1.82, 2.24) is 0 Å². The smallest absolute Gasteiger partial charge is 0.550 e. The maximum absolute atomic E-state index is 10.2. The molecule has 0 unspecified atom stereocenters. The standard InChI is InChI=1S/C7H10O4.2Na/c8-6(9)4-1-2-5(3-4)7(10)11;;/h4-5H,1-3H2,(H,8,9)(H,10,11);;/q;2*+1/p-2/t4-,5+;;. The maximum atomic E-state index is 10.2. The molecular weight excluding hydrogens is 194 g/mol. The zero-order valence-electron chi connectivity index (χ0n) is 7.91. The van der Waals surface area contributed by atoms with Crippen LogP contribution in [0.5, 0.6) is 0 Å². The van der Waals surface area contributed by atoms with Gasteiger partial charge in [0.15, 0.2) is 0 Å². The van der Waals surface area contributed by atoms with Gasteiger partial charge in [-0.25, -0.2) is 0 Å². The van der Waals surface area contributed by atoms with Crippen molar-refractivity contribution in [3.8, 4) is 0 Å². The molecule has 0 saturated heterocycles. The van der Waals surface area contributed by atoms with Crippen LogP contribution >= 0.6 is 0 Å². The summed E-state index contributed by atoms with van der Waals surface area (Å²) in [5.41, 5.74) is 0. The van der Waals surface area contributed by atoms with E-state index in [4.69, 9.17) is 0 Å². The molecule has 0 heterocycles. The van der Waals surface area contributed by atoms with Crippen molar-refractivity contribution in [3.05, 3.63) is 0 Å². The minimum Gasteiger partial charge on any atom is -0.550 e. The molecule has 0 radical (unpaired) electrons. The molecule has 1 fully saturated rings. The van der Waals surface area contributed by atoms with Gasteiger partial charge in [-0.2, -0.15) is 0 Å². The normalized spacial score (nSPS) is 25.5. The first-order valence-corrected chi connectivity index (χ1v) is 3.53. The van der Waals surface area contributed by atoms with E-state index in [1.54, 1.807) is 0 Å². The zero-order valence-corrected chi connectivity index (χ0v) is 11.9. The Hall–Kier alpha value is 0.940. The molecule has 2 atom stereocenters. The van der Waals surface area contributed by atoms with Crippen LogP contribution in [0.1, 0.15) is 19.3 Å². The molecule has 1 aliphatic rings. The fourth-order valence-electron chi connectivity index (χ4n) is 1.41. The van der Waals surface area contributed by atoms with Crippen molar-refractivity contribution in [3.63, 3.8) is 0 Å². The average molecular weight is 202 g/mol. The summed E-state index contributed by atoms with van der Waals surface area (Å²) in [5, 5.41) is 20.5. The van der Waals surface area contributed by atoms with Crippen molar-refractivity contribution in [2.75, 3.05) is 0 Å². The van der Waals surface area contributed by atoms with Crippen molar-refractivity contribution in [2.45, 2.75) is 19.3 Å². The van der Waals surface area contributed by atoms with Crippen LogP contribution in [0.4, 0.5) is 0 Å². The number of hydrogen-bond acceptors (Lipinski definition) is 4. The molecule has 0 aromatic heterocycles. The Labute approximate surface area is 121 Å². The van der Waals surface area contributed by atoms with Gasteiger partial charge < -0.3 is 19.8 Å². The van der Waals surface area contributed by atoms with Crippen LogP contribution in [-0.4, -0.2) is 11.9 Å². The molecule has 0 aromatic rings. The summed E-state index contributed by atoms with van der Waals surface area (Å²) in [6.45, 7) is 0. The molecule has 0 spiro atoms. The summed E-state index contributed by atoms with van der Waals surface area (Å²) in [4.78, 5) is 20.5. The van der Waals surface area contributed by atoms with Crippen LogP contribution in [-0.2, 0) is 9.59 Å². The number of carboxylic acids is 2. The molecule has 0 aromatic carbocycles. The topological polar surface area (TPSA) is 80.3 Å². The quantitative estimate of drug-likeness (QED) is 0.416. The summed E-state index contributed by atoms with van der Waals surface area (Å²) in [6.07, 6.45) is 0.979. The van der Waals surface area contributed by atoms with Gasteiger partial charge in [-0.15, -0.1) is 0 Å². The van der Waals surface area contributed by atoms with E-state index in [2.05, 4.69) is 0 Å². The minimum absolute atomic E-state index is 0. The average Bonchev–Trinajstić information content (AvgIpc) is 2.33. The number of carboxylic acid groups (broad SMARTS) is 2. The van der Waals surface area contributed by atoms with Crippen LogP contribution in [0.3, 0.4) is 0 Å². The van der Waals surface area contributed by atoms with Crippen LogP contribution in [0.25, 0.3) is 0 Å². The Kier molecular flexibility index (Phi) is 9.14. The molecule has 62 valence electrons. The molecule has 1 rings (SSSR count). The number of carbonyl (C=O) groups excluding carboxylic acids is 2. The van der Waals surface area contributed by atoms with Crippen molar-refractivity contribution in [1.29, 1.82) is 0 Å². The van der Waals surface area contributed by atoms with Crippen LogP contribution < -0.4 is 69.3 Å². The van der Waals surface area contributed by atoms with Crippen LogP contribution in [0, 0.1) is 11.8 Å². The first-order chi connectivity index (χ1) is 5.11. The van der Waals surface area contributed by atoms with Gasteiger partial charge in [-0.1, -0.05) is 0 Å². The van der Waals surface area contributed by atoms with E-state index in [0.717, 1.165) is 0 Å². The predicted octanol–water partition coefficient (Wildman–Crippen LogP) is -8.09. The van der Waals surface area contributed by atoms with Gasteiger partial charge in [-0.05, 0) is 31.1 Å². The number of carbonyl (C=O) groups is 2. The van der Waals surface area contributed by atoms with E-state index >= 15 is 0 Å². The van der Waals surface area contributed by atoms with E-state index in [1.807, 2.05) is 0 Å². The van der Waals surface area contributed by atoms with E-state index in [9.17, 15) is 19.8 Å². The summed E-state index contributed by atoms with van der Waals surface area (Å²) in [7, 11) is 0. The SMILES string of the molecule is O=C([O-])[C@@H]1CC[C@H](C(=O)[O-])C1.[Na+].[Na+]. The summed E-state index contributed by atoms with van der Waals surface area (Å²) >= 11 is 0.